The van der Waals surface area contributed by atoms with Crippen molar-refractivity contribution in [3.8, 4) is 0 Å². The smallest absolute Gasteiger partial charge is 0.269 e. The van der Waals surface area contributed by atoms with Gasteiger partial charge in [-0.1, -0.05) is 23.7 Å². The fourth-order valence-electron chi connectivity index (χ4n) is 4.00. The molecular weight excluding hydrogens is 380 g/mol. The van der Waals surface area contributed by atoms with E-state index in [1.807, 2.05) is 12.1 Å². The minimum atomic E-state index is -0.479. The first-order valence-corrected chi connectivity index (χ1v) is 9.42. The van der Waals surface area contributed by atoms with Gasteiger partial charge in [-0.05, 0) is 42.7 Å². The number of nitro benzene ring substituents is 1. The number of carbonyl (C=O) groups is 2. The lowest BCUT2D eigenvalue weighted by Gasteiger charge is -2.38. The normalized spacial score (nSPS) is 19.6. The van der Waals surface area contributed by atoms with Crippen molar-refractivity contribution in [2.75, 3.05) is 4.90 Å². The highest BCUT2D eigenvalue weighted by molar-refractivity contribution is 6.30. The third-order valence-corrected chi connectivity index (χ3v) is 5.52. The Balaban J connectivity index is 1.80. The molecule has 6 nitrogen and oxygen atoms in total. The zero-order valence-electron chi connectivity index (χ0n) is 14.9. The SMILES string of the molecule is O=C1CCCC2=C1C(c1ccc(Cl)cc1)CC(=O)N2c1ccc([N+](=O)[O-])cc1. The maximum Gasteiger partial charge on any atom is 0.269 e. The van der Waals surface area contributed by atoms with E-state index < -0.39 is 4.92 Å². The quantitative estimate of drug-likeness (QED) is 0.552. The predicted octanol–water partition coefficient (Wildman–Crippen LogP) is 4.78. The highest BCUT2D eigenvalue weighted by Crippen LogP contribution is 2.43. The molecule has 1 aliphatic heterocycles. The summed E-state index contributed by atoms with van der Waals surface area (Å²) in [6, 6.07) is 13.1. The summed E-state index contributed by atoms with van der Waals surface area (Å²) in [5, 5.41) is 11.5. The van der Waals surface area contributed by atoms with E-state index in [4.69, 9.17) is 11.6 Å². The van der Waals surface area contributed by atoms with Crippen molar-refractivity contribution in [3.63, 3.8) is 0 Å². The minimum absolute atomic E-state index is 0.0406. The average molecular weight is 397 g/mol. The zero-order chi connectivity index (χ0) is 19.8. The second-order valence-electron chi connectivity index (χ2n) is 6.95. The van der Waals surface area contributed by atoms with Gasteiger partial charge >= 0.3 is 0 Å². The van der Waals surface area contributed by atoms with Gasteiger partial charge in [-0.2, -0.15) is 0 Å². The summed E-state index contributed by atoms with van der Waals surface area (Å²) in [7, 11) is 0. The van der Waals surface area contributed by atoms with Gasteiger partial charge in [-0.3, -0.25) is 24.6 Å². The van der Waals surface area contributed by atoms with Gasteiger partial charge < -0.3 is 0 Å². The van der Waals surface area contributed by atoms with E-state index in [0.717, 1.165) is 5.56 Å². The fourth-order valence-corrected chi connectivity index (χ4v) is 4.12. The van der Waals surface area contributed by atoms with E-state index in [1.165, 1.54) is 12.1 Å². The molecule has 1 atom stereocenters. The molecule has 0 N–H and O–H groups in total. The number of amides is 1. The second-order valence-corrected chi connectivity index (χ2v) is 7.38. The van der Waals surface area contributed by atoms with Crippen molar-refractivity contribution in [3.05, 3.63) is 80.5 Å². The van der Waals surface area contributed by atoms with Gasteiger partial charge in [0.25, 0.3) is 5.69 Å². The van der Waals surface area contributed by atoms with Crippen LogP contribution in [0.2, 0.25) is 5.02 Å². The topological polar surface area (TPSA) is 80.5 Å². The van der Waals surface area contributed by atoms with E-state index in [1.54, 1.807) is 29.2 Å². The van der Waals surface area contributed by atoms with Gasteiger partial charge in [-0.15, -0.1) is 0 Å². The Morgan fingerprint density at radius 1 is 1.00 bits per heavy atom. The average Bonchev–Trinajstić information content (AvgIpc) is 2.68. The van der Waals surface area contributed by atoms with Crippen LogP contribution in [0.25, 0.3) is 0 Å². The molecule has 0 radical (unpaired) electrons. The molecule has 142 valence electrons. The predicted molar refractivity (Wildman–Crippen MR) is 105 cm³/mol. The molecule has 7 heteroatoms. The van der Waals surface area contributed by atoms with Crippen LogP contribution in [0.1, 0.15) is 37.2 Å². The number of benzene rings is 2. The summed E-state index contributed by atoms with van der Waals surface area (Å²) in [6.45, 7) is 0. The van der Waals surface area contributed by atoms with Gasteiger partial charge in [0, 0.05) is 52.9 Å². The fraction of sp³-hybridized carbons (Fsp3) is 0.238. The third-order valence-electron chi connectivity index (χ3n) is 5.27. The molecule has 1 amide bonds. The van der Waals surface area contributed by atoms with Crippen molar-refractivity contribution in [2.24, 2.45) is 0 Å². The largest absolute Gasteiger partial charge is 0.294 e. The van der Waals surface area contributed by atoms with Gasteiger partial charge in [0.2, 0.25) is 5.91 Å². The first-order valence-electron chi connectivity index (χ1n) is 9.05. The molecule has 1 aliphatic carbocycles. The summed E-state index contributed by atoms with van der Waals surface area (Å²) in [5.74, 6) is -0.357. The molecule has 2 aromatic rings. The second kappa shape index (κ2) is 7.20. The van der Waals surface area contributed by atoms with Gasteiger partial charge in [-0.25, -0.2) is 0 Å². The van der Waals surface area contributed by atoms with Crippen molar-refractivity contribution in [1.82, 2.24) is 0 Å². The van der Waals surface area contributed by atoms with E-state index in [0.29, 0.717) is 41.2 Å². The first-order chi connectivity index (χ1) is 13.5. The third kappa shape index (κ3) is 3.20. The van der Waals surface area contributed by atoms with Crippen molar-refractivity contribution in [2.45, 2.75) is 31.6 Å². The van der Waals surface area contributed by atoms with Crippen LogP contribution in [0.3, 0.4) is 0 Å². The highest BCUT2D eigenvalue weighted by atomic mass is 35.5. The number of nitro groups is 1. The number of nitrogens with zero attached hydrogens (tertiary/aromatic N) is 2. The Morgan fingerprint density at radius 2 is 1.68 bits per heavy atom. The lowest BCUT2D eigenvalue weighted by Crippen LogP contribution is -2.40. The summed E-state index contributed by atoms with van der Waals surface area (Å²) >= 11 is 5.98. The number of Topliss-reactive ketones (excluding diaryl/α,β-unsaturated/α-hetero) is 1. The number of hydrogen-bond donors (Lipinski definition) is 0. The molecule has 0 saturated heterocycles. The molecule has 0 spiro atoms. The summed E-state index contributed by atoms with van der Waals surface area (Å²) in [4.78, 5) is 37.8. The summed E-state index contributed by atoms with van der Waals surface area (Å²) in [5.41, 5.74) is 2.78. The summed E-state index contributed by atoms with van der Waals surface area (Å²) in [6.07, 6.45) is 1.93. The maximum atomic E-state index is 13.0. The van der Waals surface area contributed by atoms with E-state index >= 15 is 0 Å². The molecule has 0 saturated carbocycles. The van der Waals surface area contributed by atoms with E-state index in [9.17, 15) is 19.7 Å². The van der Waals surface area contributed by atoms with Crippen molar-refractivity contribution >= 4 is 34.7 Å². The number of non-ortho nitro benzene ring substituents is 1. The molecular formula is C21H17ClN2O4. The standard InChI is InChI=1S/C21H17ClN2O4/c22-14-6-4-13(5-7-14)17-12-20(26)23(18-2-1-3-19(25)21(17)18)15-8-10-16(11-9-15)24(27)28/h4-11,17H,1-3,12H2. The zero-order valence-corrected chi connectivity index (χ0v) is 15.7. The van der Waals surface area contributed by atoms with Crippen LogP contribution in [0.15, 0.2) is 59.8 Å². The van der Waals surface area contributed by atoms with Gasteiger partial charge in [0.1, 0.15) is 0 Å². The van der Waals surface area contributed by atoms with Crippen LogP contribution in [-0.4, -0.2) is 16.6 Å². The maximum absolute atomic E-state index is 13.0. The molecule has 1 unspecified atom stereocenters. The number of anilines is 1. The Hall–Kier alpha value is -2.99. The van der Waals surface area contributed by atoms with Crippen LogP contribution in [-0.2, 0) is 9.59 Å². The number of halogens is 1. The number of ketones is 1. The molecule has 1 heterocycles. The van der Waals surface area contributed by atoms with Gasteiger partial charge in [0.05, 0.1) is 4.92 Å². The Kier molecular flexibility index (Phi) is 4.73. The molecule has 4 rings (SSSR count). The summed E-state index contributed by atoms with van der Waals surface area (Å²) < 4.78 is 0. The molecule has 28 heavy (non-hydrogen) atoms. The van der Waals surface area contributed by atoms with Gasteiger partial charge in [0.15, 0.2) is 5.78 Å². The number of rotatable bonds is 3. The highest BCUT2D eigenvalue weighted by Gasteiger charge is 2.39. The van der Waals surface area contributed by atoms with E-state index in [2.05, 4.69) is 0 Å². The van der Waals surface area contributed by atoms with Crippen molar-refractivity contribution in [1.29, 1.82) is 0 Å². The number of hydrogen-bond acceptors (Lipinski definition) is 4. The van der Waals surface area contributed by atoms with Crippen molar-refractivity contribution < 1.29 is 14.5 Å². The van der Waals surface area contributed by atoms with Crippen LogP contribution < -0.4 is 4.90 Å². The number of carbonyl (C=O) groups excluding carboxylic acids is 2. The van der Waals surface area contributed by atoms with Crippen LogP contribution in [0, 0.1) is 10.1 Å². The van der Waals surface area contributed by atoms with Crippen LogP contribution in [0.5, 0.6) is 0 Å². The Labute approximate surface area is 166 Å². The lowest BCUT2D eigenvalue weighted by molar-refractivity contribution is -0.384. The number of allylic oxidation sites excluding steroid dienone is 2. The monoisotopic (exact) mass is 396 g/mol. The minimum Gasteiger partial charge on any atom is -0.294 e. The lowest BCUT2D eigenvalue weighted by atomic mass is 9.77. The first kappa shape index (κ1) is 18.4. The molecule has 0 aromatic heterocycles. The van der Waals surface area contributed by atoms with Crippen LogP contribution >= 0.6 is 11.6 Å². The Bertz CT molecular complexity index is 996. The molecule has 2 aromatic carbocycles. The molecule has 0 bridgehead atoms. The molecule has 2 aliphatic rings. The van der Waals surface area contributed by atoms with E-state index in [-0.39, 0.29) is 29.7 Å². The Morgan fingerprint density at radius 3 is 2.32 bits per heavy atom. The van der Waals surface area contributed by atoms with Crippen LogP contribution in [0.4, 0.5) is 11.4 Å². The molecule has 0 fully saturated rings.